The highest BCUT2D eigenvalue weighted by Crippen LogP contribution is 2.39. The summed E-state index contributed by atoms with van der Waals surface area (Å²) in [5, 5.41) is 10.4. The van der Waals surface area contributed by atoms with Crippen LogP contribution < -0.4 is 0 Å². The SMILES string of the molecule is Cc1c2ccc(-c3ccc(-n4c5ccccc5c5ccccc54)cc3)cc2c(C)c2ccc(-c3ccc(-n4c5ccccc5c5ccccc54)cc3)cc12. The van der Waals surface area contributed by atoms with Crippen molar-refractivity contribution >= 4 is 65.2 Å². The number of benzene rings is 9. The lowest BCUT2D eigenvalue weighted by Crippen LogP contribution is -1.94. The van der Waals surface area contributed by atoms with Crippen LogP contribution in [0.25, 0.3) is 98.8 Å². The maximum absolute atomic E-state index is 2.38. The average Bonchev–Trinajstić information content (AvgIpc) is 3.76. The van der Waals surface area contributed by atoms with E-state index >= 15 is 0 Å². The molecule has 0 aliphatic rings. The Kier molecular flexibility index (Phi) is 6.72. The van der Waals surface area contributed by atoms with Crippen molar-refractivity contribution in [2.45, 2.75) is 13.8 Å². The summed E-state index contributed by atoms with van der Waals surface area (Å²) in [6.07, 6.45) is 0. The molecule has 11 rings (SSSR count). The smallest absolute Gasteiger partial charge is 0.0541 e. The number of nitrogens with zero attached hydrogens (tertiary/aromatic N) is 2. The van der Waals surface area contributed by atoms with E-state index in [2.05, 4.69) is 205 Å². The zero-order valence-electron chi connectivity index (χ0n) is 30.2. The second-order valence-corrected chi connectivity index (χ2v) is 14.6. The molecule has 0 bridgehead atoms. The van der Waals surface area contributed by atoms with E-state index in [1.165, 1.54) is 110 Å². The number of aromatic nitrogens is 2. The van der Waals surface area contributed by atoms with Crippen molar-refractivity contribution in [3.8, 4) is 33.6 Å². The molecule has 2 aromatic heterocycles. The topological polar surface area (TPSA) is 9.86 Å². The van der Waals surface area contributed by atoms with Gasteiger partial charge in [0, 0.05) is 32.9 Å². The molecule has 0 spiro atoms. The van der Waals surface area contributed by atoms with Crippen LogP contribution >= 0.6 is 0 Å². The molecule has 0 unspecified atom stereocenters. The van der Waals surface area contributed by atoms with E-state index in [0.29, 0.717) is 0 Å². The number of para-hydroxylation sites is 4. The number of aryl methyl sites for hydroxylation is 2. The van der Waals surface area contributed by atoms with Crippen LogP contribution in [-0.4, -0.2) is 9.13 Å². The Labute approximate surface area is 313 Å². The Morgan fingerprint density at radius 2 is 0.556 bits per heavy atom. The molecule has 0 aliphatic carbocycles. The van der Waals surface area contributed by atoms with E-state index in [1.54, 1.807) is 0 Å². The fraction of sp³-hybridized carbons (Fsp3) is 0.0385. The Morgan fingerprint density at radius 1 is 0.259 bits per heavy atom. The van der Waals surface area contributed by atoms with E-state index in [4.69, 9.17) is 0 Å². The first-order chi connectivity index (χ1) is 26.6. The van der Waals surface area contributed by atoms with Gasteiger partial charge in [0.1, 0.15) is 0 Å². The monoisotopic (exact) mass is 688 g/mol. The van der Waals surface area contributed by atoms with Crippen molar-refractivity contribution in [1.29, 1.82) is 0 Å². The Hall–Kier alpha value is -6.90. The second kappa shape index (κ2) is 11.8. The number of hydrogen-bond donors (Lipinski definition) is 0. The molecule has 9 aromatic carbocycles. The van der Waals surface area contributed by atoms with Crippen molar-refractivity contribution < 1.29 is 0 Å². The van der Waals surface area contributed by atoms with E-state index in [0.717, 1.165) is 0 Å². The van der Waals surface area contributed by atoms with Crippen LogP contribution in [0.2, 0.25) is 0 Å². The van der Waals surface area contributed by atoms with E-state index in [9.17, 15) is 0 Å². The van der Waals surface area contributed by atoms with Crippen molar-refractivity contribution in [3.63, 3.8) is 0 Å². The lowest BCUT2D eigenvalue weighted by atomic mass is 9.89. The van der Waals surface area contributed by atoms with Crippen LogP contribution in [0.5, 0.6) is 0 Å². The fourth-order valence-corrected chi connectivity index (χ4v) is 9.02. The number of hydrogen-bond acceptors (Lipinski definition) is 0. The zero-order valence-corrected chi connectivity index (χ0v) is 30.2. The summed E-state index contributed by atoms with van der Waals surface area (Å²) in [5.41, 5.74) is 14.8. The van der Waals surface area contributed by atoms with Crippen molar-refractivity contribution in [1.82, 2.24) is 9.13 Å². The first-order valence-corrected chi connectivity index (χ1v) is 18.8. The Morgan fingerprint density at radius 3 is 0.889 bits per heavy atom. The molecule has 0 saturated carbocycles. The van der Waals surface area contributed by atoms with Crippen LogP contribution in [0.1, 0.15) is 11.1 Å². The molecule has 0 fully saturated rings. The molecule has 2 heteroatoms. The number of rotatable bonds is 4. The molecule has 11 aromatic rings. The predicted molar refractivity (Wildman–Crippen MR) is 230 cm³/mol. The standard InChI is InChI=1S/C52H36N2/c1-33-41-29-23-38(36-21-27-40(28-22-36)54-51-17-9-5-13-45(51)46-14-6-10-18-52(46)54)32-48(41)34(2)42-30-24-37(31-47(33)42)35-19-25-39(26-20-35)53-49-15-7-3-11-43(49)44-12-4-8-16-50(44)53/h3-32H,1-2H3. The van der Waals surface area contributed by atoms with Gasteiger partial charge in [-0.25, -0.2) is 0 Å². The quantitative estimate of drug-likeness (QED) is 0.163. The summed E-state index contributed by atoms with van der Waals surface area (Å²) in [7, 11) is 0. The molecular weight excluding hydrogens is 653 g/mol. The van der Waals surface area contributed by atoms with Crippen molar-refractivity contribution in [3.05, 3.63) is 193 Å². The minimum Gasteiger partial charge on any atom is -0.309 e. The molecule has 54 heavy (non-hydrogen) atoms. The van der Waals surface area contributed by atoms with Crippen LogP contribution in [0.15, 0.2) is 182 Å². The minimum atomic E-state index is 1.17. The highest BCUT2D eigenvalue weighted by Gasteiger charge is 2.15. The third-order valence-electron chi connectivity index (χ3n) is 11.7. The molecule has 0 aliphatic heterocycles. The van der Waals surface area contributed by atoms with Crippen LogP contribution in [0, 0.1) is 13.8 Å². The van der Waals surface area contributed by atoms with Gasteiger partial charge in [-0.1, -0.05) is 121 Å². The summed E-state index contributed by atoms with van der Waals surface area (Å²) < 4.78 is 4.76. The molecular formula is C52H36N2. The zero-order chi connectivity index (χ0) is 35.9. The van der Waals surface area contributed by atoms with E-state index < -0.39 is 0 Å². The molecule has 254 valence electrons. The highest BCUT2D eigenvalue weighted by atomic mass is 15.0. The molecule has 2 heterocycles. The van der Waals surface area contributed by atoms with Gasteiger partial charge in [0.2, 0.25) is 0 Å². The van der Waals surface area contributed by atoms with Crippen molar-refractivity contribution in [2.75, 3.05) is 0 Å². The summed E-state index contributed by atoms with van der Waals surface area (Å²) in [6, 6.07) is 66.8. The normalized spacial score (nSPS) is 11.9. The third kappa shape index (κ3) is 4.53. The number of fused-ring (bicyclic) bond motifs is 8. The summed E-state index contributed by atoms with van der Waals surface area (Å²) in [6.45, 7) is 4.55. The van der Waals surface area contributed by atoms with E-state index in [-0.39, 0.29) is 0 Å². The van der Waals surface area contributed by atoms with Crippen molar-refractivity contribution in [2.24, 2.45) is 0 Å². The van der Waals surface area contributed by atoms with Gasteiger partial charge in [-0.05, 0) is 129 Å². The van der Waals surface area contributed by atoms with Gasteiger partial charge >= 0.3 is 0 Å². The minimum absolute atomic E-state index is 1.17. The molecule has 0 atom stereocenters. The summed E-state index contributed by atoms with van der Waals surface area (Å²) in [5.74, 6) is 0. The molecule has 0 saturated heterocycles. The Balaban J connectivity index is 0.948. The predicted octanol–water partition coefficient (Wildman–Crippen LogP) is 14.1. The van der Waals surface area contributed by atoms with Gasteiger partial charge in [0.05, 0.1) is 22.1 Å². The summed E-state index contributed by atoms with van der Waals surface area (Å²) in [4.78, 5) is 0. The fourth-order valence-electron chi connectivity index (χ4n) is 9.02. The van der Waals surface area contributed by atoms with Gasteiger partial charge in [-0.3, -0.25) is 0 Å². The van der Waals surface area contributed by atoms with Gasteiger partial charge < -0.3 is 9.13 Å². The maximum atomic E-state index is 2.38. The lowest BCUT2D eigenvalue weighted by molar-refractivity contribution is 1.18. The highest BCUT2D eigenvalue weighted by molar-refractivity contribution is 6.11. The summed E-state index contributed by atoms with van der Waals surface area (Å²) >= 11 is 0. The Bertz CT molecular complexity index is 2940. The van der Waals surface area contributed by atoms with Crippen LogP contribution in [0.3, 0.4) is 0 Å². The van der Waals surface area contributed by atoms with Gasteiger partial charge in [-0.2, -0.15) is 0 Å². The van der Waals surface area contributed by atoms with Gasteiger partial charge in [-0.15, -0.1) is 0 Å². The molecule has 0 amide bonds. The first kappa shape index (κ1) is 30.7. The average molecular weight is 689 g/mol. The molecule has 0 N–H and O–H groups in total. The molecule has 0 radical (unpaired) electrons. The van der Waals surface area contributed by atoms with Gasteiger partial charge in [0.15, 0.2) is 0 Å². The van der Waals surface area contributed by atoms with Gasteiger partial charge in [0.25, 0.3) is 0 Å². The second-order valence-electron chi connectivity index (χ2n) is 14.6. The first-order valence-electron chi connectivity index (χ1n) is 18.8. The molecule has 2 nitrogen and oxygen atoms in total. The van der Waals surface area contributed by atoms with Crippen LogP contribution in [-0.2, 0) is 0 Å². The van der Waals surface area contributed by atoms with E-state index in [1.807, 2.05) is 0 Å². The third-order valence-corrected chi connectivity index (χ3v) is 11.7. The van der Waals surface area contributed by atoms with Crippen LogP contribution in [0.4, 0.5) is 0 Å². The largest absolute Gasteiger partial charge is 0.309 e. The maximum Gasteiger partial charge on any atom is 0.0541 e. The lowest BCUT2D eigenvalue weighted by Gasteiger charge is -2.15.